The van der Waals surface area contributed by atoms with Gasteiger partial charge in [0.15, 0.2) is 0 Å². The molecule has 2 atom stereocenters. The van der Waals surface area contributed by atoms with Gasteiger partial charge in [0.2, 0.25) is 6.10 Å². The first kappa shape index (κ1) is 43.6. The molecule has 1 aliphatic rings. The Morgan fingerprint density at radius 2 is 1.65 bits per heavy atom. The lowest BCUT2D eigenvalue weighted by Crippen LogP contribution is -2.30. The monoisotopic (exact) mass is 803 g/mol. The molecule has 0 radical (unpaired) electrons. The Kier molecular flexibility index (Phi) is 16.7. The van der Waals surface area contributed by atoms with Crippen molar-refractivity contribution in [2.45, 2.75) is 31.7 Å². The van der Waals surface area contributed by atoms with Gasteiger partial charge in [0.25, 0.3) is 17.8 Å². The number of thioether (sulfide) groups is 1. The van der Waals surface area contributed by atoms with Gasteiger partial charge < -0.3 is 42.0 Å². The van der Waals surface area contributed by atoms with Gasteiger partial charge in [-0.05, 0) is 66.5 Å². The summed E-state index contributed by atoms with van der Waals surface area (Å²) in [5.41, 5.74) is 10.7. The number of hydrogen-bond acceptors (Lipinski definition) is 10. The molecule has 0 aliphatic carbocycles. The van der Waals surface area contributed by atoms with Crippen LogP contribution in [0.5, 0.6) is 11.5 Å². The molecular formula is C36H37ClF3N7O7S. The Labute approximate surface area is 322 Å². The highest BCUT2D eigenvalue weighted by Crippen LogP contribution is 2.36. The number of aromatic nitrogens is 1. The first-order chi connectivity index (χ1) is 26.1. The normalized spacial score (nSPS) is 13.7. The number of nitrogens with one attached hydrogen (secondary N) is 3. The zero-order valence-corrected chi connectivity index (χ0v) is 30.9. The molecule has 0 saturated carbocycles. The van der Waals surface area contributed by atoms with Gasteiger partial charge in [-0.25, -0.2) is 4.79 Å². The van der Waals surface area contributed by atoms with Crippen LogP contribution >= 0.6 is 23.4 Å². The van der Waals surface area contributed by atoms with Gasteiger partial charge in [0.1, 0.15) is 23.2 Å². The van der Waals surface area contributed by atoms with Crippen molar-refractivity contribution in [3.05, 3.63) is 113 Å². The smallest absolute Gasteiger partial charge is 0.417 e. The van der Waals surface area contributed by atoms with E-state index in [2.05, 4.69) is 25.9 Å². The number of anilines is 2. The van der Waals surface area contributed by atoms with E-state index in [9.17, 15) is 32.3 Å². The summed E-state index contributed by atoms with van der Waals surface area (Å²) in [6.07, 6.45) is -3.30. The molecule has 0 fully saturated rings. The summed E-state index contributed by atoms with van der Waals surface area (Å²) >= 11 is 7.28. The molecule has 1 aliphatic heterocycles. The Morgan fingerprint density at radius 1 is 1.00 bits per heavy atom. The number of nitrogens with two attached hydrogens (primary N) is 2. The second-order valence-electron chi connectivity index (χ2n) is 11.0. The van der Waals surface area contributed by atoms with Crippen LogP contribution in [0, 0.1) is 0 Å². The molecule has 3 aromatic carbocycles. The van der Waals surface area contributed by atoms with Gasteiger partial charge in [-0.1, -0.05) is 48.9 Å². The molecular weight excluding hydrogens is 767 g/mol. The number of amides is 4. The number of urea groups is 1. The SMILES string of the molecule is CCSCC[C@H](N)C(=O)O.CNC(=O)c1cc(Oc2ccc(NC(=O)Nc3ccc(Cl)c(C(F)(F)F)c3)cc2)ccn1.NC1=NC(=O)C(c2ccccc2)O1. The van der Waals surface area contributed by atoms with E-state index in [1.165, 1.54) is 25.4 Å². The third-order valence-corrected chi connectivity index (χ3v) is 8.21. The molecule has 0 saturated heterocycles. The fourth-order valence-corrected chi connectivity index (χ4v) is 5.20. The summed E-state index contributed by atoms with van der Waals surface area (Å²) in [4.78, 5) is 52.5. The van der Waals surface area contributed by atoms with Gasteiger partial charge in [0.05, 0.1) is 10.6 Å². The van der Waals surface area contributed by atoms with E-state index in [1.54, 1.807) is 54.2 Å². The van der Waals surface area contributed by atoms with Gasteiger partial charge in [-0.15, -0.1) is 0 Å². The molecule has 8 N–H and O–H groups in total. The van der Waals surface area contributed by atoms with Crippen molar-refractivity contribution in [2.24, 2.45) is 16.5 Å². The molecule has 55 heavy (non-hydrogen) atoms. The number of amidine groups is 1. The summed E-state index contributed by atoms with van der Waals surface area (Å²) < 4.78 is 49.5. The molecule has 14 nitrogen and oxygen atoms in total. The number of halogens is 4. The maximum Gasteiger partial charge on any atom is 0.417 e. The van der Waals surface area contributed by atoms with E-state index >= 15 is 0 Å². The third kappa shape index (κ3) is 14.5. The van der Waals surface area contributed by atoms with Crippen molar-refractivity contribution in [2.75, 3.05) is 29.2 Å². The first-order valence-corrected chi connectivity index (χ1v) is 17.7. The standard InChI is InChI=1S/C21H16ClF3N4O3.C9H8N2O2.C6H13NO2S/c1-26-19(30)18-11-15(8-9-27-18)32-14-5-2-12(3-6-14)28-20(31)29-13-4-7-17(22)16(10-13)21(23,24)25;10-9-11-8(12)7(13-9)6-4-2-1-3-5-6;1-2-10-4-3-5(7)6(8)9/h2-11H,1H3,(H,26,30)(H2,28,29,31);1-5,7H,(H2,10,11,12);5H,2-4,7H2,1H3,(H,8,9)/t;;5-/m..0/s1. The van der Waals surface area contributed by atoms with E-state index in [0.29, 0.717) is 23.6 Å². The average Bonchev–Trinajstić information content (AvgIpc) is 3.50. The number of aliphatic imine (C=N–C) groups is 1. The summed E-state index contributed by atoms with van der Waals surface area (Å²) in [7, 11) is 1.49. The highest BCUT2D eigenvalue weighted by molar-refractivity contribution is 7.99. The lowest BCUT2D eigenvalue weighted by Gasteiger charge is -2.12. The molecule has 4 amide bonds. The van der Waals surface area contributed by atoms with E-state index in [1.807, 2.05) is 25.1 Å². The number of carboxylic acid groups (broad SMARTS) is 1. The van der Waals surface area contributed by atoms with Crippen LogP contribution in [0.2, 0.25) is 5.02 Å². The van der Waals surface area contributed by atoms with Crippen LogP contribution in [-0.2, 0) is 20.5 Å². The van der Waals surface area contributed by atoms with E-state index in [0.717, 1.165) is 29.2 Å². The van der Waals surface area contributed by atoms with Crippen LogP contribution in [0.1, 0.15) is 41.1 Å². The van der Waals surface area contributed by atoms with Gasteiger partial charge in [-0.3, -0.25) is 19.4 Å². The zero-order valence-electron chi connectivity index (χ0n) is 29.3. The van der Waals surface area contributed by atoms with Gasteiger partial charge in [0, 0.05) is 36.2 Å². The first-order valence-electron chi connectivity index (χ1n) is 16.2. The number of hydrogen-bond donors (Lipinski definition) is 6. The number of nitrogens with zero attached hydrogens (tertiary/aromatic N) is 2. The Hall–Kier alpha value is -5.85. The van der Waals surface area contributed by atoms with Crippen LogP contribution in [0.15, 0.2) is 96.1 Å². The fourth-order valence-electron chi connectivity index (χ4n) is 4.26. The minimum atomic E-state index is -4.64. The van der Waals surface area contributed by atoms with E-state index in [4.69, 9.17) is 37.6 Å². The van der Waals surface area contributed by atoms with Crippen LogP contribution < -0.4 is 32.2 Å². The molecule has 1 unspecified atom stereocenters. The lowest BCUT2D eigenvalue weighted by atomic mass is 10.1. The quantitative estimate of drug-likeness (QED) is 0.0877. The topological polar surface area (TPSA) is 220 Å². The number of aliphatic carboxylic acids is 1. The highest BCUT2D eigenvalue weighted by atomic mass is 35.5. The highest BCUT2D eigenvalue weighted by Gasteiger charge is 2.33. The Bertz CT molecular complexity index is 1960. The number of pyridine rings is 1. The number of carbonyl (C=O) groups is 4. The maximum absolute atomic E-state index is 12.9. The summed E-state index contributed by atoms with van der Waals surface area (Å²) in [6, 6.07) is 20.0. The van der Waals surface area contributed by atoms with Crippen molar-refractivity contribution < 1.29 is 46.9 Å². The number of benzene rings is 3. The summed E-state index contributed by atoms with van der Waals surface area (Å²) in [5.74, 6) is 1.07. The largest absolute Gasteiger partial charge is 0.480 e. The second-order valence-corrected chi connectivity index (χ2v) is 12.8. The fraction of sp³-hybridized carbons (Fsp3) is 0.222. The number of rotatable bonds is 11. The average molecular weight is 804 g/mol. The molecule has 1 aromatic heterocycles. The van der Waals surface area contributed by atoms with Gasteiger partial charge >= 0.3 is 18.2 Å². The molecule has 4 aromatic rings. The summed E-state index contributed by atoms with van der Waals surface area (Å²) in [5, 5.41) is 15.2. The molecule has 5 rings (SSSR count). The van der Waals surface area contributed by atoms with Crippen molar-refractivity contribution in [1.82, 2.24) is 10.3 Å². The predicted octanol–water partition coefficient (Wildman–Crippen LogP) is 6.69. The van der Waals surface area contributed by atoms with E-state index in [-0.39, 0.29) is 29.2 Å². The lowest BCUT2D eigenvalue weighted by molar-refractivity contribution is -0.139. The van der Waals surface area contributed by atoms with Gasteiger partial charge in [-0.2, -0.15) is 29.9 Å². The van der Waals surface area contributed by atoms with Crippen molar-refractivity contribution in [3.8, 4) is 11.5 Å². The minimum Gasteiger partial charge on any atom is -0.480 e. The second kappa shape index (κ2) is 21.1. The molecule has 19 heteroatoms. The van der Waals surface area contributed by atoms with Crippen molar-refractivity contribution in [1.29, 1.82) is 0 Å². The van der Waals surface area contributed by atoms with Crippen LogP contribution in [0.4, 0.5) is 29.3 Å². The zero-order chi connectivity index (χ0) is 40.5. The number of ether oxygens (including phenoxy) is 2. The van der Waals surface area contributed by atoms with Crippen LogP contribution in [0.25, 0.3) is 0 Å². The summed E-state index contributed by atoms with van der Waals surface area (Å²) in [6.45, 7) is 2.04. The molecule has 0 spiro atoms. The minimum absolute atomic E-state index is 0.0566. The van der Waals surface area contributed by atoms with Crippen LogP contribution in [0.3, 0.4) is 0 Å². The van der Waals surface area contributed by atoms with E-state index < -0.39 is 40.9 Å². The Balaban J connectivity index is 0.000000287. The Morgan fingerprint density at radius 3 is 2.24 bits per heavy atom. The predicted molar refractivity (Wildman–Crippen MR) is 203 cm³/mol. The maximum atomic E-state index is 12.9. The molecule has 292 valence electrons. The van der Waals surface area contributed by atoms with Crippen molar-refractivity contribution >= 4 is 64.6 Å². The molecule has 2 heterocycles. The number of carbonyl (C=O) groups excluding carboxylic acids is 3. The van der Waals surface area contributed by atoms with Crippen LogP contribution in [-0.4, -0.2) is 64.5 Å². The third-order valence-electron chi connectivity index (χ3n) is 6.95. The van der Waals surface area contributed by atoms with Crippen molar-refractivity contribution in [3.63, 3.8) is 0 Å². The molecule has 0 bridgehead atoms. The number of carboxylic acids is 1. The number of alkyl halides is 3.